The molecule has 2 aliphatic heterocycles. The van der Waals surface area contributed by atoms with Gasteiger partial charge in [-0.2, -0.15) is 20.3 Å². The van der Waals surface area contributed by atoms with E-state index in [0.717, 1.165) is 39.3 Å². The Morgan fingerprint density at radius 2 is 1.75 bits per heavy atom. The van der Waals surface area contributed by atoms with Crippen molar-refractivity contribution in [1.29, 1.82) is 0 Å². The molecule has 10 nitrogen and oxygen atoms in total. The quantitative estimate of drug-likeness (QED) is 0.503. The minimum absolute atomic E-state index is 0.165. The van der Waals surface area contributed by atoms with Crippen molar-refractivity contribution < 1.29 is 9.84 Å². The number of hydrogen-bond donors (Lipinski definition) is 2. The van der Waals surface area contributed by atoms with Gasteiger partial charge in [0.05, 0.1) is 17.1 Å². The fourth-order valence-electron chi connectivity index (χ4n) is 4.78. The van der Waals surface area contributed by atoms with Gasteiger partial charge in [0.1, 0.15) is 23.9 Å². The van der Waals surface area contributed by atoms with Crippen LogP contribution in [0, 0.1) is 13.8 Å². The molecule has 162 valence electrons. The summed E-state index contributed by atoms with van der Waals surface area (Å²) >= 11 is 0. The van der Waals surface area contributed by atoms with Crippen molar-refractivity contribution in [1.82, 2.24) is 34.3 Å². The highest BCUT2D eigenvalue weighted by molar-refractivity contribution is 5.85. The van der Waals surface area contributed by atoms with Crippen LogP contribution >= 0.6 is 0 Å². The molecule has 2 atom stereocenters. The molecule has 0 aliphatic carbocycles. The van der Waals surface area contributed by atoms with Crippen LogP contribution in [0.4, 0.5) is 5.95 Å². The number of hydrogen-bond acceptors (Lipinski definition) is 7. The summed E-state index contributed by atoms with van der Waals surface area (Å²) in [6, 6.07) is 4.84. The normalized spacial score (nSPS) is 19.1. The SMILES string of the molecule is Cc1nn(C)cc1[C@@H]1Oc2ccc(O)cc2C2=C1[C@@H](c1cn(C)nc1C)n1ncnc1N2. The lowest BCUT2D eigenvalue weighted by atomic mass is 9.85. The van der Waals surface area contributed by atoms with E-state index in [1.807, 2.05) is 45.0 Å². The number of ether oxygens (including phenoxy) is 1. The van der Waals surface area contributed by atoms with Crippen molar-refractivity contribution in [3.05, 3.63) is 70.6 Å². The first-order valence-corrected chi connectivity index (χ1v) is 10.3. The van der Waals surface area contributed by atoms with E-state index in [0.29, 0.717) is 11.7 Å². The van der Waals surface area contributed by atoms with Crippen LogP contribution in [0.1, 0.15) is 40.2 Å². The number of nitrogens with zero attached hydrogens (tertiary/aromatic N) is 7. The van der Waals surface area contributed by atoms with Gasteiger partial charge in [-0.15, -0.1) is 0 Å². The van der Waals surface area contributed by atoms with Crippen LogP contribution < -0.4 is 10.1 Å². The maximum Gasteiger partial charge on any atom is 0.226 e. The van der Waals surface area contributed by atoms with Crippen molar-refractivity contribution in [2.45, 2.75) is 26.0 Å². The smallest absolute Gasteiger partial charge is 0.226 e. The number of anilines is 1. The van der Waals surface area contributed by atoms with Gasteiger partial charge in [0.15, 0.2) is 6.10 Å². The molecule has 0 fully saturated rings. The predicted octanol–water partition coefficient (Wildman–Crippen LogP) is 2.63. The number of benzene rings is 1. The fraction of sp³-hybridized carbons (Fsp3) is 0.273. The monoisotopic (exact) mass is 430 g/mol. The van der Waals surface area contributed by atoms with Gasteiger partial charge in [-0.05, 0) is 32.0 Å². The Labute approximate surface area is 183 Å². The third-order valence-corrected chi connectivity index (χ3v) is 6.08. The molecule has 3 aromatic heterocycles. The predicted molar refractivity (Wildman–Crippen MR) is 116 cm³/mol. The Balaban J connectivity index is 1.67. The molecule has 5 heterocycles. The molecule has 0 amide bonds. The van der Waals surface area contributed by atoms with Crippen LogP contribution in [-0.4, -0.2) is 39.4 Å². The summed E-state index contributed by atoms with van der Waals surface area (Å²) in [7, 11) is 3.81. The maximum atomic E-state index is 10.2. The molecular weight excluding hydrogens is 408 g/mol. The van der Waals surface area contributed by atoms with Gasteiger partial charge in [-0.25, -0.2) is 4.68 Å². The fourth-order valence-corrected chi connectivity index (χ4v) is 4.78. The van der Waals surface area contributed by atoms with Crippen molar-refractivity contribution in [2.24, 2.45) is 14.1 Å². The lowest BCUT2D eigenvalue weighted by Crippen LogP contribution is -2.32. The number of aromatic hydroxyl groups is 1. The molecule has 10 heteroatoms. The van der Waals surface area contributed by atoms with Gasteiger partial charge in [0.25, 0.3) is 0 Å². The molecule has 2 N–H and O–H groups in total. The zero-order chi connectivity index (χ0) is 22.1. The highest BCUT2D eigenvalue weighted by Crippen LogP contribution is 2.51. The van der Waals surface area contributed by atoms with Crippen molar-refractivity contribution in [3.8, 4) is 11.5 Å². The zero-order valence-electron chi connectivity index (χ0n) is 18.1. The molecule has 0 bridgehead atoms. The minimum atomic E-state index is -0.412. The Hall–Kier alpha value is -4.08. The summed E-state index contributed by atoms with van der Waals surface area (Å²) in [5.74, 6) is 1.46. The van der Waals surface area contributed by atoms with E-state index in [4.69, 9.17) is 4.74 Å². The number of rotatable bonds is 2. The van der Waals surface area contributed by atoms with Crippen LogP contribution in [-0.2, 0) is 14.1 Å². The van der Waals surface area contributed by atoms with Crippen LogP contribution in [0.2, 0.25) is 0 Å². The van der Waals surface area contributed by atoms with Crippen LogP contribution in [0.5, 0.6) is 11.5 Å². The van der Waals surface area contributed by atoms with E-state index < -0.39 is 6.10 Å². The second kappa shape index (κ2) is 6.46. The summed E-state index contributed by atoms with van der Waals surface area (Å²) in [6.07, 6.45) is 5.12. The van der Waals surface area contributed by atoms with Crippen LogP contribution in [0.3, 0.4) is 0 Å². The molecule has 1 aromatic carbocycles. The van der Waals surface area contributed by atoms with Gasteiger partial charge >= 0.3 is 0 Å². The van der Waals surface area contributed by atoms with Crippen molar-refractivity contribution >= 4 is 11.6 Å². The van der Waals surface area contributed by atoms with E-state index in [9.17, 15) is 5.11 Å². The van der Waals surface area contributed by atoms with Gasteiger partial charge in [0, 0.05) is 48.8 Å². The first-order chi connectivity index (χ1) is 15.4. The molecule has 4 aromatic rings. The molecule has 0 saturated heterocycles. The molecule has 0 radical (unpaired) electrons. The summed E-state index contributed by atoms with van der Waals surface area (Å²) in [5.41, 5.74) is 6.35. The highest BCUT2D eigenvalue weighted by atomic mass is 16.5. The molecule has 32 heavy (non-hydrogen) atoms. The second-order valence-electron chi connectivity index (χ2n) is 8.25. The first kappa shape index (κ1) is 18.7. The van der Waals surface area contributed by atoms with Crippen molar-refractivity contribution in [3.63, 3.8) is 0 Å². The molecule has 2 aliphatic rings. The lowest BCUT2D eigenvalue weighted by molar-refractivity contribution is 0.222. The Bertz CT molecular complexity index is 1410. The number of phenolic OH excluding ortho intramolecular Hbond substituents is 1. The third kappa shape index (κ3) is 2.58. The molecule has 0 saturated carbocycles. The molecule has 0 spiro atoms. The molecular formula is C22H22N8O2. The Morgan fingerprint density at radius 3 is 2.44 bits per heavy atom. The summed E-state index contributed by atoms with van der Waals surface area (Å²) in [4.78, 5) is 4.43. The second-order valence-corrected chi connectivity index (χ2v) is 8.25. The van der Waals surface area contributed by atoms with E-state index >= 15 is 0 Å². The number of aromatic nitrogens is 7. The average molecular weight is 430 g/mol. The number of fused-ring (bicyclic) bond motifs is 3. The molecule has 6 rings (SSSR count). The standard InChI is InChI=1S/C22H22N8O2/c1-11-15(8-28(3)26-11)20-18-19(25-22-23-10-24-30(20)22)14-7-13(31)5-6-17(14)32-21(18)16-9-29(4)27-12(16)2/h5-10,20-21,31H,1-4H3,(H,23,24,25)/t20-,21+/m1/s1. The third-order valence-electron chi connectivity index (χ3n) is 6.08. The largest absolute Gasteiger partial charge is 0.508 e. The summed E-state index contributed by atoms with van der Waals surface area (Å²) in [5, 5.41) is 27.3. The molecule has 0 unspecified atom stereocenters. The summed E-state index contributed by atoms with van der Waals surface area (Å²) in [6.45, 7) is 3.97. The van der Waals surface area contributed by atoms with Gasteiger partial charge in [-0.3, -0.25) is 9.36 Å². The van der Waals surface area contributed by atoms with Gasteiger partial charge in [0.2, 0.25) is 5.95 Å². The van der Waals surface area contributed by atoms with E-state index in [1.54, 1.807) is 27.6 Å². The topological polar surface area (TPSA) is 108 Å². The summed E-state index contributed by atoms with van der Waals surface area (Å²) < 4.78 is 12.0. The van der Waals surface area contributed by atoms with Crippen LogP contribution in [0.15, 0.2) is 42.5 Å². The number of phenols is 1. The number of nitrogens with one attached hydrogen (secondary N) is 1. The average Bonchev–Trinajstić information content (AvgIpc) is 3.44. The van der Waals surface area contributed by atoms with E-state index in [2.05, 4.69) is 25.6 Å². The van der Waals surface area contributed by atoms with Gasteiger partial charge < -0.3 is 15.2 Å². The number of aryl methyl sites for hydroxylation is 4. The first-order valence-electron chi connectivity index (χ1n) is 10.3. The minimum Gasteiger partial charge on any atom is -0.508 e. The Kier molecular flexibility index (Phi) is 3.77. The van der Waals surface area contributed by atoms with Crippen molar-refractivity contribution in [2.75, 3.05) is 5.32 Å². The zero-order valence-corrected chi connectivity index (χ0v) is 18.1. The van der Waals surface area contributed by atoms with Gasteiger partial charge in [-0.1, -0.05) is 0 Å². The van der Waals surface area contributed by atoms with Crippen LogP contribution in [0.25, 0.3) is 5.70 Å². The van der Waals surface area contributed by atoms with E-state index in [1.165, 1.54) is 6.33 Å². The van der Waals surface area contributed by atoms with E-state index in [-0.39, 0.29) is 11.8 Å². The lowest BCUT2D eigenvalue weighted by Gasteiger charge is -2.38. The maximum absolute atomic E-state index is 10.2. The highest BCUT2D eigenvalue weighted by Gasteiger charge is 2.43. The Morgan fingerprint density at radius 1 is 1.03 bits per heavy atom.